The lowest BCUT2D eigenvalue weighted by Gasteiger charge is -2.23. The van der Waals surface area contributed by atoms with E-state index in [9.17, 15) is 4.57 Å². The second-order valence-corrected chi connectivity index (χ2v) is 5.85. The highest BCUT2D eigenvalue weighted by Gasteiger charge is 2.22. The van der Waals surface area contributed by atoms with Gasteiger partial charge in [-0.1, -0.05) is 36.4 Å². The molecule has 0 fully saturated rings. The molecule has 18 heavy (non-hydrogen) atoms. The molecule has 4 nitrogen and oxygen atoms in total. The van der Waals surface area contributed by atoms with Crippen LogP contribution in [0.3, 0.4) is 0 Å². The van der Waals surface area contributed by atoms with Crippen molar-refractivity contribution < 1.29 is 14.1 Å². The van der Waals surface area contributed by atoms with Gasteiger partial charge in [0.15, 0.2) is 0 Å². The number of rotatable bonds is 4. The van der Waals surface area contributed by atoms with Crippen molar-refractivity contribution in [2.24, 2.45) is 0 Å². The van der Waals surface area contributed by atoms with Gasteiger partial charge < -0.3 is 4.89 Å². The Labute approximate surface area is 110 Å². The van der Waals surface area contributed by atoms with Crippen molar-refractivity contribution >= 4 is 29.6 Å². The number of hydrogen-bond acceptors (Lipinski definition) is 3. The molecule has 0 aliphatic heterocycles. The van der Waals surface area contributed by atoms with E-state index in [1.807, 2.05) is 12.1 Å². The fraction of sp³-hybridized carbons (Fsp3) is 0. The first-order valence-corrected chi connectivity index (χ1v) is 7.67. The van der Waals surface area contributed by atoms with Gasteiger partial charge in [-0.2, -0.15) is 4.62 Å². The topological polar surface area (TPSA) is 49.8 Å². The van der Waals surface area contributed by atoms with Crippen molar-refractivity contribution in [1.82, 2.24) is 0 Å². The Hall–Kier alpha value is -1.32. The standard InChI is InChI=1S/C12H11ClNO3P/c13-18(15,16)17-14(11-7-3-1-4-8-11)12-9-5-2-6-10-12/h1-10H,(H,15,16). The summed E-state index contributed by atoms with van der Waals surface area (Å²) < 4.78 is 16.1. The molecule has 1 unspecified atom stereocenters. The van der Waals surface area contributed by atoms with Gasteiger partial charge in [0, 0.05) is 11.2 Å². The molecule has 1 N–H and O–H groups in total. The number of hydrogen-bond donors (Lipinski definition) is 1. The van der Waals surface area contributed by atoms with Crippen LogP contribution in [0.4, 0.5) is 11.4 Å². The van der Waals surface area contributed by atoms with Gasteiger partial charge in [0.05, 0.1) is 11.4 Å². The number of nitrogens with zero attached hydrogens (tertiary/aromatic N) is 1. The Morgan fingerprint density at radius 2 is 1.33 bits per heavy atom. The van der Waals surface area contributed by atoms with Crippen LogP contribution in [-0.4, -0.2) is 4.89 Å². The van der Waals surface area contributed by atoms with Crippen LogP contribution in [0.25, 0.3) is 0 Å². The minimum absolute atomic E-state index is 0.610. The zero-order valence-electron chi connectivity index (χ0n) is 9.31. The Kier molecular flexibility index (Phi) is 4.04. The molecule has 0 radical (unpaired) electrons. The summed E-state index contributed by atoms with van der Waals surface area (Å²) in [6, 6.07) is 17.9. The van der Waals surface area contributed by atoms with E-state index in [4.69, 9.17) is 20.8 Å². The molecule has 94 valence electrons. The second-order valence-electron chi connectivity index (χ2n) is 3.50. The molecule has 0 saturated carbocycles. The molecule has 0 amide bonds. The highest BCUT2D eigenvalue weighted by molar-refractivity contribution is 7.80. The van der Waals surface area contributed by atoms with Crippen LogP contribution in [0.1, 0.15) is 0 Å². The van der Waals surface area contributed by atoms with Crippen LogP contribution in [-0.2, 0) is 9.19 Å². The van der Waals surface area contributed by atoms with E-state index < -0.39 is 6.95 Å². The molecule has 6 heteroatoms. The molecule has 0 heterocycles. The minimum atomic E-state index is -4.15. The minimum Gasteiger partial charge on any atom is -0.311 e. The maximum Gasteiger partial charge on any atom is 0.443 e. The Morgan fingerprint density at radius 1 is 0.944 bits per heavy atom. The molecule has 0 aliphatic rings. The van der Waals surface area contributed by atoms with E-state index in [1.165, 1.54) is 5.06 Å². The Morgan fingerprint density at radius 3 is 1.67 bits per heavy atom. The van der Waals surface area contributed by atoms with Crippen LogP contribution < -0.4 is 5.06 Å². The molecule has 2 aromatic carbocycles. The van der Waals surface area contributed by atoms with E-state index in [1.54, 1.807) is 48.5 Å². The zero-order valence-corrected chi connectivity index (χ0v) is 11.0. The lowest BCUT2D eigenvalue weighted by atomic mass is 10.2. The monoisotopic (exact) mass is 283 g/mol. The molecular weight excluding hydrogens is 273 g/mol. The van der Waals surface area contributed by atoms with Gasteiger partial charge in [0.2, 0.25) is 0 Å². The summed E-state index contributed by atoms with van der Waals surface area (Å²) >= 11 is 5.27. The van der Waals surface area contributed by atoms with Crippen LogP contribution in [0.5, 0.6) is 0 Å². The van der Waals surface area contributed by atoms with Crippen molar-refractivity contribution in [2.45, 2.75) is 0 Å². The summed E-state index contributed by atoms with van der Waals surface area (Å²) in [5, 5.41) is 1.23. The van der Waals surface area contributed by atoms with Gasteiger partial charge in [0.1, 0.15) is 0 Å². The summed E-state index contributed by atoms with van der Waals surface area (Å²) in [6.45, 7) is -4.15. The average Bonchev–Trinajstić information content (AvgIpc) is 2.37. The van der Waals surface area contributed by atoms with Crippen LogP contribution in [0.2, 0.25) is 0 Å². The third-order valence-electron chi connectivity index (χ3n) is 2.16. The summed E-state index contributed by atoms with van der Waals surface area (Å²) in [6.07, 6.45) is 0. The molecule has 0 saturated heterocycles. The first-order valence-electron chi connectivity index (χ1n) is 5.19. The fourth-order valence-corrected chi connectivity index (χ4v) is 2.05. The van der Waals surface area contributed by atoms with Gasteiger partial charge in [-0.05, 0) is 24.3 Å². The van der Waals surface area contributed by atoms with Crippen molar-refractivity contribution in [3.63, 3.8) is 0 Å². The second kappa shape index (κ2) is 5.55. The Bertz CT molecular complexity index is 504. The molecule has 1 atom stereocenters. The largest absolute Gasteiger partial charge is 0.443 e. The molecular formula is C12H11ClNO3P. The van der Waals surface area contributed by atoms with Crippen LogP contribution in [0, 0.1) is 0 Å². The van der Waals surface area contributed by atoms with E-state index >= 15 is 0 Å². The van der Waals surface area contributed by atoms with Gasteiger partial charge in [-0.15, -0.1) is 0 Å². The van der Waals surface area contributed by atoms with Crippen molar-refractivity contribution in [2.75, 3.05) is 5.06 Å². The lowest BCUT2D eigenvalue weighted by Crippen LogP contribution is -2.14. The molecule has 0 spiro atoms. The number of anilines is 2. The molecule has 0 bridgehead atoms. The van der Waals surface area contributed by atoms with Gasteiger partial charge in [0.25, 0.3) is 0 Å². The molecule has 0 aliphatic carbocycles. The smallest absolute Gasteiger partial charge is 0.311 e. The van der Waals surface area contributed by atoms with Crippen molar-refractivity contribution in [3.05, 3.63) is 60.7 Å². The summed E-state index contributed by atoms with van der Waals surface area (Å²) in [4.78, 5) is 9.17. The van der Waals surface area contributed by atoms with Gasteiger partial charge in [-0.25, -0.2) is 9.63 Å². The first-order chi connectivity index (χ1) is 8.56. The molecule has 0 aromatic heterocycles. The van der Waals surface area contributed by atoms with Crippen LogP contribution in [0.15, 0.2) is 60.7 Å². The first kappa shape index (κ1) is 13.1. The maximum atomic E-state index is 11.2. The predicted molar refractivity (Wildman–Crippen MR) is 71.8 cm³/mol. The summed E-state index contributed by atoms with van der Waals surface area (Å²) in [7, 11) is 0. The van der Waals surface area contributed by atoms with Crippen LogP contribution >= 0.6 is 18.2 Å². The van der Waals surface area contributed by atoms with E-state index in [0.29, 0.717) is 11.4 Å². The van der Waals surface area contributed by atoms with Crippen molar-refractivity contribution in [1.29, 1.82) is 0 Å². The number of benzene rings is 2. The maximum absolute atomic E-state index is 11.2. The highest BCUT2D eigenvalue weighted by atomic mass is 35.7. The summed E-state index contributed by atoms with van der Waals surface area (Å²) in [5.41, 5.74) is 1.22. The third kappa shape index (κ3) is 3.59. The third-order valence-corrected chi connectivity index (χ3v) is 2.71. The highest BCUT2D eigenvalue weighted by Crippen LogP contribution is 2.50. The van der Waals surface area contributed by atoms with Crippen molar-refractivity contribution in [3.8, 4) is 0 Å². The quantitative estimate of drug-likeness (QED) is 0.678. The zero-order chi connectivity index (χ0) is 13.0. The lowest BCUT2D eigenvalue weighted by molar-refractivity contribution is 0.278. The molecule has 2 rings (SSSR count). The van der Waals surface area contributed by atoms with E-state index in [2.05, 4.69) is 0 Å². The van der Waals surface area contributed by atoms with E-state index in [0.717, 1.165) is 0 Å². The number of halogens is 1. The molecule has 2 aromatic rings. The van der Waals surface area contributed by atoms with E-state index in [-0.39, 0.29) is 0 Å². The van der Waals surface area contributed by atoms with Gasteiger partial charge >= 0.3 is 6.95 Å². The Balaban J connectivity index is 2.39. The normalized spacial score (nSPS) is 13.9. The number of para-hydroxylation sites is 2. The average molecular weight is 284 g/mol. The SMILES string of the molecule is O=P(O)(Cl)ON(c1ccccc1)c1ccccc1. The van der Waals surface area contributed by atoms with Gasteiger partial charge in [-0.3, -0.25) is 0 Å². The fourth-order valence-electron chi connectivity index (χ4n) is 1.47. The predicted octanol–water partition coefficient (Wildman–Crippen LogP) is 4.10. The summed E-state index contributed by atoms with van der Waals surface area (Å²) in [5.74, 6) is 0.